The van der Waals surface area contributed by atoms with Crippen LogP contribution in [0.3, 0.4) is 0 Å². The maximum atomic E-state index is 13.0. The molecule has 1 amide bonds. The largest absolute Gasteiger partial charge is 0.493 e. The SMILES string of the molecule is O=C(COc1ccc(F)cc1Cl)N[C@@H]1CCOc2ccccc21. The number of carbonyl (C=O) groups is 1. The van der Waals surface area contributed by atoms with Crippen molar-refractivity contribution in [2.24, 2.45) is 0 Å². The number of halogens is 2. The smallest absolute Gasteiger partial charge is 0.258 e. The van der Waals surface area contributed by atoms with Gasteiger partial charge in [0.05, 0.1) is 17.7 Å². The van der Waals surface area contributed by atoms with E-state index in [4.69, 9.17) is 21.1 Å². The van der Waals surface area contributed by atoms with Crippen LogP contribution in [0.15, 0.2) is 42.5 Å². The number of para-hydroxylation sites is 1. The van der Waals surface area contributed by atoms with Crippen LogP contribution < -0.4 is 14.8 Å². The Labute approximate surface area is 138 Å². The van der Waals surface area contributed by atoms with Crippen molar-refractivity contribution in [3.05, 3.63) is 58.9 Å². The summed E-state index contributed by atoms with van der Waals surface area (Å²) in [5.74, 6) is 0.333. The molecule has 1 atom stereocenters. The summed E-state index contributed by atoms with van der Waals surface area (Å²) < 4.78 is 23.9. The van der Waals surface area contributed by atoms with Crippen molar-refractivity contribution in [2.45, 2.75) is 12.5 Å². The van der Waals surface area contributed by atoms with Gasteiger partial charge in [-0.1, -0.05) is 29.8 Å². The highest BCUT2D eigenvalue weighted by Gasteiger charge is 2.22. The number of fused-ring (bicyclic) bond motifs is 1. The third-order valence-electron chi connectivity index (χ3n) is 3.55. The molecule has 6 heteroatoms. The third-order valence-corrected chi connectivity index (χ3v) is 3.84. The standard InChI is InChI=1S/C17H15ClFNO3/c18-13-9-11(19)5-6-16(13)23-10-17(21)20-14-7-8-22-15-4-2-1-3-12(14)15/h1-6,9,14H,7-8,10H2,(H,20,21)/t14-/m1/s1. The lowest BCUT2D eigenvalue weighted by molar-refractivity contribution is -0.124. The average Bonchev–Trinajstić information content (AvgIpc) is 2.54. The molecule has 0 spiro atoms. The molecular weight excluding hydrogens is 321 g/mol. The van der Waals surface area contributed by atoms with Gasteiger partial charge in [-0.05, 0) is 24.3 Å². The molecule has 1 aliphatic heterocycles. The van der Waals surface area contributed by atoms with Gasteiger partial charge >= 0.3 is 0 Å². The molecule has 0 fully saturated rings. The van der Waals surface area contributed by atoms with Gasteiger partial charge in [-0.25, -0.2) is 4.39 Å². The van der Waals surface area contributed by atoms with E-state index in [1.54, 1.807) is 0 Å². The molecule has 0 unspecified atom stereocenters. The first-order chi connectivity index (χ1) is 11.1. The highest BCUT2D eigenvalue weighted by Crippen LogP contribution is 2.31. The summed E-state index contributed by atoms with van der Waals surface area (Å²) in [4.78, 5) is 12.1. The number of benzene rings is 2. The van der Waals surface area contributed by atoms with Gasteiger partial charge in [0.15, 0.2) is 6.61 Å². The Morgan fingerprint density at radius 1 is 1.35 bits per heavy atom. The van der Waals surface area contributed by atoms with E-state index in [-0.39, 0.29) is 29.3 Å². The monoisotopic (exact) mass is 335 g/mol. The fourth-order valence-electron chi connectivity index (χ4n) is 2.46. The number of hydrogen-bond donors (Lipinski definition) is 1. The number of amides is 1. The van der Waals surface area contributed by atoms with E-state index < -0.39 is 5.82 Å². The predicted molar refractivity (Wildman–Crippen MR) is 84.3 cm³/mol. The number of carbonyl (C=O) groups excluding carboxylic acids is 1. The number of ether oxygens (including phenoxy) is 2. The lowest BCUT2D eigenvalue weighted by atomic mass is 10.0. The van der Waals surface area contributed by atoms with Crippen molar-refractivity contribution in [3.8, 4) is 11.5 Å². The molecule has 0 bridgehead atoms. The van der Waals surface area contributed by atoms with E-state index in [1.165, 1.54) is 12.1 Å². The molecular formula is C17H15ClFNO3. The molecule has 23 heavy (non-hydrogen) atoms. The Balaban J connectivity index is 1.60. The minimum absolute atomic E-state index is 0.111. The molecule has 0 aliphatic carbocycles. The van der Waals surface area contributed by atoms with Crippen LogP contribution in [0.1, 0.15) is 18.0 Å². The molecule has 1 aliphatic rings. The maximum absolute atomic E-state index is 13.0. The van der Waals surface area contributed by atoms with Gasteiger partial charge in [0.25, 0.3) is 5.91 Å². The van der Waals surface area contributed by atoms with E-state index in [2.05, 4.69) is 5.32 Å². The molecule has 1 heterocycles. The van der Waals surface area contributed by atoms with Gasteiger partial charge in [-0.3, -0.25) is 4.79 Å². The van der Waals surface area contributed by atoms with Gasteiger partial charge in [0.2, 0.25) is 0 Å². The van der Waals surface area contributed by atoms with Crippen molar-refractivity contribution in [1.29, 1.82) is 0 Å². The minimum atomic E-state index is -0.453. The molecule has 0 radical (unpaired) electrons. The average molecular weight is 336 g/mol. The van der Waals surface area contributed by atoms with Crippen LogP contribution in [-0.4, -0.2) is 19.1 Å². The Bertz CT molecular complexity index is 723. The highest BCUT2D eigenvalue weighted by molar-refractivity contribution is 6.32. The zero-order chi connectivity index (χ0) is 16.2. The highest BCUT2D eigenvalue weighted by atomic mass is 35.5. The van der Waals surface area contributed by atoms with E-state index in [0.29, 0.717) is 13.0 Å². The number of nitrogens with one attached hydrogen (secondary N) is 1. The van der Waals surface area contributed by atoms with Crippen LogP contribution in [0.5, 0.6) is 11.5 Å². The lowest BCUT2D eigenvalue weighted by Crippen LogP contribution is -2.35. The molecule has 4 nitrogen and oxygen atoms in total. The van der Waals surface area contributed by atoms with Crippen molar-refractivity contribution in [3.63, 3.8) is 0 Å². The normalized spacial score (nSPS) is 16.2. The Hall–Kier alpha value is -2.27. The van der Waals surface area contributed by atoms with Gasteiger partial charge in [-0.2, -0.15) is 0 Å². The molecule has 120 valence electrons. The summed E-state index contributed by atoms with van der Waals surface area (Å²) in [6.45, 7) is 0.359. The second kappa shape index (κ2) is 6.87. The first-order valence-electron chi connectivity index (χ1n) is 7.22. The van der Waals surface area contributed by atoms with Crippen LogP contribution in [0.4, 0.5) is 4.39 Å². The van der Waals surface area contributed by atoms with Crippen LogP contribution in [-0.2, 0) is 4.79 Å². The topological polar surface area (TPSA) is 47.6 Å². The summed E-state index contributed by atoms with van der Waals surface area (Å²) in [5, 5.41) is 3.05. The van der Waals surface area contributed by atoms with E-state index in [0.717, 1.165) is 17.4 Å². The van der Waals surface area contributed by atoms with Crippen LogP contribution in [0.25, 0.3) is 0 Å². The maximum Gasteiger partial charge on any atom is 0.258 e. The van der Waals surface area contributed by atoms with Gasteiger partial charge in [-0.15, -0.1) is 0 Å². The first-order valence-corrected chi connectivity index (χ1v) is 7.60. The van der Waals surface area contributed by atoms with E-state index in [9.17, 15) is 9.18 Å². The molecule has 0 saturated heterocycles. The zero-order valence-electron chi connectivity index (χ0n) is 12.2. The van der Waals surface area contributed by atoms with Crippen molar-refractivity contribution in [2.75, 3.05) is 13.2 Å². The van der Waals surface area contributed by atoms with Gasteiger partial charge in [0.1, 0.15) is 17.3 Å². The molecule has 0 saturated carbocycles. The fourth-order valence-corrected chi connectivity index (χ4v) is 2.69. The van der Waals surface area contributed by atoms with Crippen LogP contribution in [0.2, 0.25) is 5.02 Å². The molecule has 0 aromatic heterocycles. The lowest BCUT2D eigenvalue weighted by Gasteiger charge is -2.26. The fraction of sp³-hybridized carbons (Fsp3) is 0.235. The first kappa shape index (κ1) is 15.6. The van der Waals surface area contributed by atoms with Gasteiger partial charge < -0.3 is 14.8 Å². The van der Waals surface area contributed by atoms with Crippen molar-refractivity contribution in [1.82, 2.24) is 5.32 Å². The van der Waals surface area contributed by atoms with E-state index in [1.807, 2.05) is 24.3 Å². The predicted octanol–water partition coefficient (Wildman–Crippen LogP) is 3.50. The Kier molecular flexibility index (Phi) is 4.67. The molecule has 1 N–H and O–H groups in total. The third kappa shape index (κ3) is 3.74. The van der Waals surface area contributed by atoms with Crippen molar-refractivity contribution < 1.29 is 18.7 Å². The number of hydrogen-bond acceptors (Lipinski definition) is 3. The Morgan fingerprint density at radius 3 is 3.00 bits per heavy atom. The molecule has 3 rings (SSSR count). The summed E-state index contributed by atoms with van der Waals surface area (Å²) in [6, 6.07) is 11.3. The second-order valence-corrected chi connectivity index (χ2v) is 5.57. The summed E-state index contributed by atoms with van der Waals surface area (Å²) in [7, 11) is 0. The minimum Gasteiger partial charge on any atom is -0.493 e. The van der Waals surface area contributed by atoms with Crippen LogP contribution >= 0.6 is 11.6 Å². The summed E-state index contributed by atoms with van der Waals surface area (Å²) in [6.07, 6.45) is 0.695. The summed E-state index contributed by atoms with van der Waals surface area (Å²) in [5.41, 5.74) is 0.951. The summed E-state index contributed by atoms with van der Waals surface area (Å²) >= 11 is 5.86. The molecule has 2 aromatic rings. The van der Waals surface area contributed by atoms with Crippen molar-refractivity contribution >= 4 is 17.5 Å². The van der Waals surface area contributed by atoms with E-state index >= 15 is 0 Å². The molecule has 2 aromatic carbocycles. The van der Waals surface area contributed by atoms with Gasteiger partial charge in [0, 0.05) is 12.0 Å². The van der Waals surface area contributed by atoms with Crippen LogP contribution in [0, 0.1) is 5.82 Å². The number of rotatable bonds is 4. The second-order valence-electron chi connectivity index (χ2n) is 5.16. The quantitative estimate of drug-likeness (QED) is 0.930. The zero-order valence-corrected chi connectivity index (χ0v) is 13.0. The Morgan fingerprint density at radius 2 is 2.17 bits per heavy atom.